The summed E-state index contributed by atoms with van der Waals surface area (Å²) in [6, 6.07) is 5.96. The van der Waals surface area contributed by atoms with E-state index in [1.807, 2.05) is 0 Å². The van der Waals surface area contributed by atoms with Gasteiger partial charge in [-0.25, -0.2) is 13.2 Å². The topological polar surface area (TPSA) is 67.6 Å². The van der Waals surface area contributed by atoms with E-state index in [2.05, 4.69) is 10.2 Å². The monoisotopic (exact) mass is 395 g/mol. The van der Waals surface area contributed by atoms with E-state index in [0.29, 0.717) is 38.0 Å². The molecule has 6 nitrogen and oxygen atoms in total. The highest BCUT2D eigenvalue weighted by Gasteiger charge is 2.24. The molecule has 2 aromatic rings. The number of anilines is 1. The normalized spacial score (nSPS) is 15.4. The Morgan fingerprint density at radius 3 is 2.46 bits per heavy atom. The molecule has 3 rings (SSSR count). The first-order chi connectivity index (χ1) is 13.4. The molecule has 0 atom stereocenters. The molecule has 1 aliphatic rings. The first-order valence-corrected chi connectivity index (χ1v) is 8.82. The van der Waals surface area contributed by atoms with Gasteiger partial charge in [0.2, 0.25) is 0 Å². The standard InChI is InChI=1S/C19H20F3N3O3/c1-28-19-10-17(18(25(26)27)9-16(19)22)23-13-4-6-24(7-5-13)11-12-2-3-14(20)15(21)8-12/h2-3,8-10,13,23H,4-7,11H2,1H3. The number of rotatable bonds is 6. The van der Waals surface area contributed by atoms with E-state index in [1.165, 1.54) is 19.2 Å². The van der Waals surface area contributed by atoms with Gasteiger partial charge in [0.15, 0.2) is 23.2 Å². The maximum Gasteiger partial charge on any atom is 0.295 e. The Morgan fingerprint density at radius 2 is 1.86 bits per heavy atom. The van der Waals surface area contributed by atoms with Gasteiger partial charge in [-0.2, -0.15) is 0 Å². The molecule has 1 fully saturated rings. The van der Waals surface area contributed by atoms with Gasteiger partial charge in [-0.05, 0) is 30.5 Å². The number of nitrogens with zero attached hydrogens (tertiary/aromatic N) is 2. The molecule has 1 heterocycles. The highest BCUT2D eigenvalue weighted by Crippen LogP contribution is 2.33. The molecular weight excluding hydrogens is 375 g/mol. The number of nitrogens with one attached hydrogen (secondary N) is 1. The molecule has 1 aliphatic heterocycles. The number of hydrogen-bond acceptors (Lipinski definition) is 5. The molecule has 0 bridgehead atoms. The summed E-state index contributed by atoms with van der Waals surface area (Å²) in [7, 11) is 1.30. The van der Waals surface area contributed by atoms with E-state index < -0.39 is 22.4 Å². The molecule has 0 saturated carbocycles. The molecule has 0 amide bonds. The second kappa shape index (κ2) is 8.47. The van der Waals surface area contributed by atoms with Crippen molar-refractivity contribution in [3.05, 3.63) is 63.5 Å². The van der Waals surface area contributed by atoms with E-state index in [1.54, 1.807) is 6.07 Å². The number of nitro groups is 1. The Kier molecular flexibility index (Phi) is 6.03. The van der Waals surface area contributed by atoms with Gasteiger partial charge < -0.3 is 10.1 Å². The first kappa shape index (κ1) is 19.9. The van der Waals surface area contributed by atoms with Crippen molar-refractivity contribution < 1.29 is 22.8 Å². The fourth-order valence-electron chi connectivity index (χ4n) is 3.32. The van der Waals surface area contributed by atoms with Crippen LogP contribution in [0, 0.1) is 27.6 Å². The third-order valence-corrected chi connectivity index (χ3v) is 4.80. The van der Waals surface area contributed by atoms with Crippen LogP contribution in [0.4, 0.5) is 24.5 Å². The molecule has 28 heavy (non-hydrogen) atoms. The fourth-order valence-corrected chi connectivity index (χ4v) is 3.32. The van der Waals surface area contributed by atoms with Crippen molar-refractivity contribution in [1.82, 2.24) is 4.90 Å². The van der Waals surface area contributed by atoms with E-state index in [9.17, 15) is 23.3 Å². The van der Waals surface area contributed by atoms with Gasteiger partial charge in [0.05, 0.1) is 18.1 Å². The lowest BCUT2D eigenvalue weighted by atomic mass is 10.0. The molecule has 150 valence electrons. The summed E-state index contributed by atoms with van der Waals surface area (Å²) in [4.78, 5) is 12.7. The maximum absolute atomic E-state index is 13.8. The Hall–Kier alpha value is -2.81. The SMILES string of the molecule is COc1cc(NC2CCN(Cc3ccc(F)c(F)c3)CC2)c([N+](=O)[O-])cc1F. The van der Waals surface area contributed by atoms with Crippen molar-refractivity contribution >= 4 is 11.4 Å². The molecular formula is C19H20F3N3O3. The lowest BCUT2D eigenvalue weighted by molar-refractivity contribution is -0.384. The number of nitro benzene ring substituents is 1. The number of piperidine rings is 1. The lowest BCUT2D eigenvalue weighted by Gasteiger charge is -2.32. The molecule has 0 unspecified atom stereocenters. The van der Waals surface area contributed by atoms with Gasteiger partial charge in [0.25, 0.3) is 5.69 Å². The fraction of sp³-hybridized carbons (Fsp3) is 0.368. The molecule has 2 aromatic carbocycles. The zero-order valence-corrected chi connectivity index (χ0v) is 15.3. The number of hydrogen-bond donors (Lipinski definition) is 1. The van der Waals surface area contributed by atoms with Gasteiger partial charge >= 0.3 is 0 Å². The largest absolute Gasteiger partial charge is 0.494 e. The maximum atomic E-state index is 13.8. The number of ether oxygens (including phenoxy) is 1. The highest BCUT2D eigenvalue weighted by atomic mass is 19.2. The van der Waals surface area contributed by atoms with Gasteiger partial charge in [0, 0.05) is 31.7 Å². The van der Waals surface area contributed by atoms with Crippen molar-refractivity contribution in [1.29, 1.82) is 0 Å². The van der Waals surface area contributed by atoms with Gasteiger partial charge in [-0.15, -0.1) is 0 Å². The molecule has 0 spiro atoms. The Bertz CT molecular complexity index is 871. The molecule has 0 aromatic heterocycles. The minimum atomic E-state index is -0.872. The minimum absolute atomic E-state index is 0.0323. The average Bonchev–Trinajstić information content (AvgIpc) is 2.67. The lowest BCUT2D eigenvalue weighted by Crippen LogP contribution is -2.38. The van der Waals surface area contributed by atoms with E-state index in [0.717, 1.165) is 12.1 Å². The van der Waals surface area contributed by atoms with Gasteiger partial charge in [-0.3, -0.25) is 15.0 Å². The summed E-state index contributed by atoms with van der Waals surface area (Å²) in [5, 5.41) is 14.3. The number of benzene rings is 2. The average molecular weight is 395 g/mol. The van der Waals surface area contributed by atoms with Crippen molar-refractivity contribution in [2.24, 2.45) is 0 Å². The zero-order valence-electron chi connectivity index (χ0n) is 15.3. The third kappa shape index (κ3) is 4.53. The Morgan fingerprint density at radius 1 is 1.14 bits per heavy atom. The van der Waals surface area contributed by atoms with E-state index in [4.69, 9.17) is 4.74 Å². The summed E-state index contributed by atoms with van der Waals surface area (Å²) in [6.07, 6.45) is 1.39. The third-order valence-electron chi connectivity index (χ3n) is 4.80. The van der Waals surface area contributed by atoms with Crippen molar-refractivity contribution in [2.45, 2.75) is 25.4 Å². The van der Waals surface area contributed by atoms with E-state index in [-0.39, 0.29) is 23.2 Å². The summed E-state index contributed by atoms with van der Waals surface area (Å²) in [5.41, 5.74) is 0.550. The van der Waals surface area contributed by atoms with Crippen LogP contribution in [0.15, 0.2) is 30.3 Å². The van der Waals surface area contributed by atoms with Crippen LogP contribution in [-0.4, -0.2) is 36.1 Å². The van der Waals surface area contributed by atoms with Crippen LogP contribution >= 0.6 is 0 Å². The smallest absolute Gasteiger partial charge is 0.295 e. The predicted octanol–water partition coefficient (Wildman–Crippen LogP) is 4.10. The summed E-state index contributed by atoms with van der Waals surface area (Å²) >= 11 is 0. The number of likely N-dealkylation sites (tertiary alicyclic amines) is 1. The van der Waals surface area contributed by atoms with Crippen LogP contribution in [0.3, 0.4) is 0 Å². The molecule has 0 aliphatic carbocycles. The van der Waals surface area contributed by atoms with Gasteiger partial charge in [-0.1, -0.05) is 6.07 Å². The predicted molar refractivity (Wildman–Crippen MR) is 97.9 cm³/mol. The van der Waals surface area contributed by atoms with Crippen molar-refractivity contribution in [2.75, 3.05) is 25.5 Å². The molecule has 0 radical (unpaired) electrons. The number of methoxy groups -OCH3 is 1. The van der Waals surface area contributed by atoms with Crippen LogP contribution in [0.25, 0.3) is 0 Å². The summed E-state index contributed by atoms with van der Waals surface area (Å²) in [5.74, 6) is -2.60. The summed E-state index contributed by atoms with van der Waals surface area (Å²) in [6.45, 7) is 1.86. The molecule has 9 heteroatoms. The van der Waals surface area contributed by atoms with Crippen molar-refractivity contribution in [3.63, 3.8) is 0 Å². The van der Waals surface area contributed by atoms with Crippen LogP contribution < -0.4 is 10.1 Å². The minimum Gasteiger partial charge on any atom is -0.494 e. The van der Waals surface area contributed by atoms with Crippen LogP contribution in [-0.2, 0) is 6.54 Å². The quantitative estimate of drug-likeness (QED) is 0.589. The summed E-state index contributed by atoms with van der Waals surface area (Å²) < 4.78 is 45.0. The first-order valence-electron chi connectivity index (χ1n) is 8.82. The van der Waals surface area contributed by atoms with Crippen molar-refractivity contribution in [3.8, 4) is 5.75 Å². The van der Waals surface area contributed by atoms with Crippen LogP contribution in [0.1, 0.15) is 18.4 Å². The van der Waals surface area contributed by atoms with Crippen LogP contribution in [0.2, 0.25) is 0 Å². The Balaban J connectivity index is 1.62. The zero-order chi connectivity index (χ0) is 20.3. The second-order valence-corrected chi connectivity index (χ2v) is 6.70. The van der Waals surface area contributed by atoms with E-state index >= 15 is 0 Å². The second-order valence-electron chi connectivity index (χ2n) is 6.70. The highest BCUT2D eigenvalue weighted by molar-refractivity contribution is 5.65. The molecule has 1 saturated heterocycles. The number of halogens is 3. The van der Waals surface area contributed by atoms with Gasteiger partial charge in [0.1, 0.15) is 5.69 Å². The van der Waals surface area contributed by atoms with Crippen LogP contribution in [0.5, 0.6) is 5.75 Å². The Labute approximate surface area is 160 Å². The molecule has 1 N–H and O–H groups in total.